The zero-order valence-corrected chi connectivity index (χ0v) is 11.7. The molecule has 0 saturated heterocycles. The molecule has 3 nitrogen and oxygen atoms in total. The summed E-state index contributed by atoms with van der Waals surface area (Å²) in [4.78, 5) is 12.4. The van der Waals surface area contributed by atoms with Crippen LogP contribution in [0.2, 0.25) is 0 Å². The van der Waals surface area contributed by atoms with E-state index in [-0.39, 0.29) is 5.69 Å². The summed E-state index contributed by atoms with van der Waals surface area (Å²) in [5.74, 6) is -3.98. The van der Waals surface area contributed by atoms with Crippen molar-refractivity contribution in [2.24, 2.45) is 0 Å². The Labute approximate surface area is 121 Å². The number of aryl methyl sites for hydroxylation is 1. The fraction of sp³-hybridized carbons (Fsp3) is 0.188. The van der Waals surface area contributed by atoms with Crippen molar-refractivity contribution in [2.45, 2.75) is 13.8 Å². The topological polar surface area (TPSA) is 40.5 Å². The molecule has 0 unspecified atom stereocenters. The number of para-hydroxylation sites is 1. The van der Waals surface area contributed by atoms with Crippen LogP contribution in [0.1, 0.15) is 22.8 Å². The van der Waals surface area contributed by atoms with E-state index in [2.05, 4.69) is 0 Å². The van der Waals surface area contributed by atoms with E-state index in [9.17, 15) is 13.6 Å². The molecule has 0 aromatic heterocycles. The third kappa shape index (κ3) is 2.72. The molecule has 2 aromatic rings. The van der Waals surface area contributed by atoms with Crippen molar-refractivity contribution >= 4 is 17.3 Å². The molecule has 2 rings (SSSR count). The third-order valence-corrected chi connectivity index (χ3v) is 3.31. The molecule has 0 amide bonds. The van der Waals surface area contributed by atoms with Gasteiger partial charge in [-0.3, -0.25) is 0 Å². The van der Waals surface area contributed by atoms with Crippen LogP contribution in [-0.4, -0.2) is 17.6 Å². The first-order valence-electron chi connectivity index (χ1n) is 6.51. The van der Waals surface area contributed by atoms with Gasteiger partial charge in [0.1, 0.15) is 0 Å². The van der Waals surface area contributed by atoms with E-state index in [0.717, 1.165) is 17.3 Å². The maximum atomic E-state index is 14.2. The van der Waals surface area contributed by atoms with Crippen LogP contribution in [0.15, 0.2) is 36.4 Å². The fourth-order valence-corrected chi connectivity index (χ4v) is 2.25. The number of hydrogen-bond acceptors (Lipinski definition) is 2. The SMILES string of the molecule is CCN(c1ccccc1C)c1ccc(C(=O)O)c(F)c1F. The Bertz CT molecular complexity index is 686. The van der Waals surface area contributed by atoms with Crippen LogP contribution in [0.25, 0.3) is 0 Å². The van der Waals surface area contributed by atoms with Gasteiger partial charge in [0.05, 0.1) is 11.3 Å². The average molecular weight is 291 g/mol. The highest BCUT2D eigenvalue weighted by Crippen LogP contribution is 2.32. The molecule has 0 radical (unpaired) electrons. The standard InChI is InChI=1S/C16H15F2NO2/c1-3-19(12-7-5-4-6-10(12)2)13-9-8-11(16(20)21)14(17)15(13)18/h4-9H,3H2,1-2H3,(H,20,21). The van der Waals surface area contributed by atoms with Gasteiger partial charge in [-0.05, 0) is 37.6 Å². The Balaban J connectivity index is 2.57. The molecule has 5 heteroatoms. The number of rotatable bonds is 4. The molecule has 0 aliphatic heterocycles. The number of benzene rings is 2. The summed E-state index contributed by atoms with van der Waals surface area (Å²) in [6.07, 6.45) is 0. The van der Waals surface area contributed by atoms with Crippen LogP contribution in [0.4, 0.5) is 20.2 Å². The number of carboxylic acids is 1. The minimum atomic E-state index is -1.49. The Hall–Kier alpha value is -2.43. The van der Waals surface area contributed by atoms with Crippen molar-refractivity contribution in [1.82, 2.24) is 0 Å². The summed E-state index contributed by atoms with van der Waals surface area (Å²) in [5, 5.41) is 8.82. The van der Waals surface area contributed by atoms with Gasteiger partial charge in [0.2, 0.25) is 0 Å². The zero-order chi connectivity index (χ0) is 15.6. The lowest BCUT2D eigenvalue weighted by atomic mass is 10.1. The lowest BCUT2D eigenvalue weighted by Gasteiger charge is -2.25. The van der Waals surface area contributed by atoms with E-state index in [0.29, 0.717) is 6.54 Å². The Morgan fingerprint density at radius 3 is 2.33 bits per heavy atom. The van der Waals surface area contributed by atoms with Crippen molar-refractivity contribution in [3.63, 3.8) is 0 Å². The largest absolute Gasteiger partial charge is 0.478 e. The van der Waals surface area contributed by atoms with Gasteiger partial charge in [-0.1, -0.05) is 18.2 Å². The maximum absolute atomic E-state index is 14.2. The number of carboxylic acid groups (broad SMARTS) is 1. The second-order valence-electron chi connectivity index (χ2n) is 4.60. The first kappa shape index (κ1) is 15.0. The van der Waals surface area contributed by atoms with Gasteiger partial charge in [0, 0.05) is 12.2 Å². The minimum absolute atomic E-state index is 0.0225. The smallest absolute Gasteiger partial charge is 0.338 e. The summed E-state index contributed by atoms with van der Waals surface area (Å²) in [7, 11) is 0. The maximum Gasteiger partial charge on any atom is 0.338 e. The number of halogens is 2. The number of carbonyl (C=O) groups is 1. The molecule has 1 N–H and O–H groups in total. The summed E-state index contributed by atoms with van der Waals surface area (Å²) >= 11 is 0. The Morgan fingerprint density at radius 2 is 1.76 bits per heavy atom. The van der Waals surface area contributed by atoms with Crippen molar-refractivity contribution in [1.29, 1.82) is 0 Å². The van der Waals surface area contributed by atoms with Gasteiger partial charge in [-0.15, -0.1) is 0 Å². The number of hydrogen-bond donors (Lipinski definition) is 1. The molecule has 2 aromatic carbocycles. The third-order valence-electron chi connectivity index (χ3n) is 3.31. The van der Waals surface area contributed by atoms with Crippen molar-refractivity contribution in [3.05, 3.63) is 59.2 Å². The highest BCUT2D eigenvalue weighted by molar-refractivity contribution is 5.88. The van der Waals surface area contributed by atoms with E-state index in [1.807, 2.05) is 32.0 Å². The van der Waals surface area contributed by atoms with Crippen molar-refractivity contribution in [3.8, 4) is 0 Å². The quantitative estimate of drug-likeness (QED) is 0.920. The van der Waals surface area contributed by atoms with E-state index < -0.39 is 23.2 Å². The Morgan fingerprint density at radius 1 is 1.10 bits per heavy atom. The van der Waals surface area contributed by atoms with Gasteiger partial charge in [0.15, 0.2) is 11.6 Å². The minimum Gasteiger partial charge on any atom is -0.478 e. The van der Waals surface area contributed by atoms with Gasteiger partial charge in [0.25, 0.3) is 0 Å². The second-order valence-corrected chi connectivity index (χ2v) is 4.60. The summed E-state index contributed by atoms with van der Waals surface area (Å²) in [6.45, 7) is 4.11. The molecule has 0 aliphatic carbocycles. The molecule has 0 saturated carbocycles. The number of aromatic carboxylic acids is 1. The van der Waals surface area contributed by atoms with Gasteiger partial charge in [-0.2, -0.15) is 0 Å². The summed E-state index contributed by atoms with van der Waals surface area (Å²) < 4.78 is 28.0. The summed E-state index contributed by atoms with van der Waals surface area (Å²) in [6, 6.07) is 9.72. The molecule has 0 fully saturated rings. The molecule has 21 heavy (non-hydrogen) atoms. The molecular formula is C16H15F2NO2. The molecule has 0 spiro atoms. The molecule has 0 bridgehead atoms. The second kappa shape index (κ2) is 5.91. The van der Waals surface area contributed by atoms with Gasteiger partial charge < -0.3 is 10.0 Å². The number of nitrogens with zero attached hydrogens (tertiary/aromatic N) is 1. The first-order chi connectivity index (χ1) is 9.97. The van der Waals surface area contributed by atoms with Crippen LogP contribution in [0.5, 0.6) is 0 Å². The predicted octanol–water partition coefficient (Wildman–Crippen LogP) is 4.13. The average Bonchev–Trinajstić information content (AvgIpc) is 2.45. The zero-order valence-electron chi connectivity index (χ0n) is 11.7. The van der Waals surface area contributed by atoms with Crippen molar-refractivity contribution < 1.29 is 18.7 Å². The van der Waals surface area contributed by atoms with Crippen LogP contribution in [-0.2, 0) is 0 Å². The van der Waals surface area contributed by atoms with E-state index in [1.165, 1.54) is 6.07 Å². The van der Waals surface area contributed by atoms with E-state index in [4.69, 9.17) is 5.11 Å². The molecule has 0 aliphatic rings. The van der Waals surface area contributed by atoms with E-state index in [1.54, 1.807) is 11.0 Å². The van der Waals surface area contributed by atoms with Gasteiger partial charge in [-0.25, -0.2) is 13.6 Å². The van der Waals surface area contributed by atoms with Crippen LogP contribution < -0.4 is 4.90 Å². The van der Waals surface area contributed by atoms with Gasteiger partial charge >= 0.3 is 5.97 Å². The summed E-state index contributed by atoms with van der Waals surface area (Å²) in [5.41, 5.74) is 1.02. The lowest BCUT2D eigenvalue weighted by molar-refractivity contribution is 0.0690. The lowest BCUT2D eigenvalue weighted by Crippen LogP contribution is -2.19. The van der Waals surface area contributed by atoms with E-state index >= 15 is 0 Å². The Kier molecular flexibility index (Phi) is 4.21. The van der Waals surface area contributed by atoms with Crippen LogP contribution in [0, 0.1) is 18.6 Å². The van der Waals surface area contributed by atoms with Crippen molar-refractivity contribution in [2.75, 3.05) is 11.4 Å². The first-order valence-corrected chi connectivity index (χ1v) is 6.51. The molecule has 110 valence electrons. The molecule has 0 atom stereocenters. The highest BCUT2D eigenvalue weighted by Gasteiger charge is 2.21. The van der Waals surface area contributed by atoms with Crippen LogP contribution >= 0.6 is 0 Å². The number of anilines is 2. The molecular weight excluding hydrogens is 276 g/mol. The highest BCUT2D eigenvalue weighted by atomic mass is 19.2. The normalized spacial score (nSPS) is 10.5. The monoisotopic (exact) mass is 291 g/mol. The predicted molar refractivity (Wildman–Crippen MR) is 77.2 cm³/mol. The fourth-order valence-electron chi connectivity index (χ4n) is 2.25. The van der Waals surface area contributed by atoms with Crippen LogP contribution in [0.3, 0.4) is 0 Å². The molecule has 0 heterocycles.